The van der Waals surface area contributed by atoms with E-state index in [1.807, 2.05) is 50.2 Å². The van der Waals surface area contributed by atoms with Crippen LogP contribution in [0.15, 0.2) is 36.4 Å². The largest absolute Gasteiger partial charge is 0.338 e. The summed E-state index contributed by atoms with van der Waals surface area (Å²) in [5.41, 5.74) is 1.02. The Morgan fingerprint density at radius 2 is 2.08 bits per heavy atom. The standard InChI is InChI=1S/C19H24N4O2/c1-3-15-12-16(22-21-15)20-18(25)19(2)10-7-11-23(13-19)17(24)14-8-5-4-6-9-14/h4-6,8-9,12H,3,7,10-11,13H2,1-2H3,(H2,20,21,22,25)/t19-/m1/s1. The van der Waals surface area contributed by atoms with Gasteiger partial charge in [0.05, 0.1) is 5.41 Å². The van der Waals surface area contributed by atoms with Crippen LogP contribution in [0.25, 0.3) is 0 Å². The molecule has 0 bridgehead atoms. The number of anilines is 1. The normalized spacial score (nSPS) is 20.3. The quantitative estimate of drug-likeness (QED) is 0.898. The van der Waals surface area contributed by atoms with E-state index in [1.165, 1.54) is 0 Å². The van der Waals surface area contributed by atoms with Crippen LogP contribution in [0.3, 0.4) is 0 Å². The third-order valence-corrected chi connectivity index (χ3v) is 4.81. The van der Waals surface area contributed by atoms with Gasteiger partial charge in [0.25, 0.3) is 5.91 Å². The Balaban J connectivity index is 1.70. The number of piperidine rings is 1. The van der Waals surface area contributed by atoms with Crippen LogP contribution in [0, 0.1) is 5.41 Å². The SMILES string of the molecule is CCc1cc(NC(=O)[C@]2(C)CCCN(C(=O)c3ccccc3)C2)n[nH]1. The van der Waals surface area contributed by atoms with Crippen molar-refractivity contribution in [2.45, 2.75) is 33.1 Å². The van der Waals surface area contributed by atoms with E-state index in [4.69, 9.17) is 0 Å². The van der Waals surface area contributed by atoms with E-state index >= 15 is 0 Å². The van der Waals surface area contributed by atoms with Crippen molar-refractivity contribution in [2.24, 2.45) is 5.41 Å². The van der Waals surface area contributed by atoms with Gasteiger partial charge in [-0.2, -0.15) is 5.10 Å². The molecule has 2 heterocycles. The molecule has 0 aliphatic carbocycles. The number of H-pyrrole nitrogens is 1. The number of hydrogen-bond acceptors (Lipinski definition) is 3. The minimum atomic E-state index is -0.617. The van der Waals surface area contributed by atoms with Gasteiger partial charge >= 0.3 is 0 Å². The molecule has 1 aromatic carbocycles. The van der Waals surface area contributed by atoms with Crippen molar-refractivity contribution in [2.75, 3.05) is 18.4 Å². The molecular weight excluding hydrogens is 316 g/mol. The zero-order valence-corrected chi connectivity index (χ0v) is 14.7. The highest BCUT2D eigenvalue weighted by Gasteiger charge is 2.39. The van der Waals surface area contributed by atoms with Crippen LogP contribution in [0.4, 0.5) is 5.82 Å². The Kier molecular flexibility index (Phi) is 4.88. The lowest BCUT2D eigenvalue weighted by Gasteiger charge is -2.39. The van der Waals surface area contributed by atoms with Crippen molar-refractivity contribution in [1.29, 1.82) is 0 Å². The first-order chi connectivity index (χ1) is 12.0. The molecule has 25 heavy (non-hydrogen) atoms. The predicted octanol–water partition coefficient (Wildman–Crippen LogP) is 2.85. The van der Waals surface area contributed by atoms with Gasteiger partial charge in [-0.3, -0.25) is 14.7 Å². The van der Waals surface area contributed by atoms with Crippen LogP contribution in [0.2, 0.25) is 0 Å². The number of hydrogen-bond donors (Lipinski definition) is 2. The molecule has 2 amide bonds. The molecule has 1 aliphatic heterocycles. The Bertz CT molecular complexity index is 756. The average molecular weight is 340 g/mol. The molecule has 6 heteroatoms. The number of benzene rings is 1. The van der Waals surface area contributed by atoms with Gasteiger partial charge in [-0.15, -0.1) is 0 Å². The molecule has 3 rings (SSSR count). The van der Waals surface area contributed by atoms with Gasteiger partial charge in [-0.1, -0.05) is 25.1 Å². The highest BCUT2D eigenvalue weighted by Crippen LogP contribution is 2.31. The number of aromatic nitrogens is 2. The molecule has 132 valence electrons. The second-order valence-electron chi connectivity index (χ2n) is 6.84. The summed E-state index contributed by atoms with van der Waals surface area (Å²) >= 11 is 0. The molecular formula is C19H24N4O2. The van der Waals surface area contributed by atoms with Crippen LogP contribution < -0.4 is 5.32 Å². The van der Waals surface area contributed by atoms with Crippen molar-refractivity contribution >= 4 is 17.6 Å². The van der Waals surface area contributed by atoms with Crippen molar-refractivity contribution in [1.82, 2.24) is 15.1 Å². The highest BCUT2D eigenvalue weighted by atomic mass is 16.2. The van der Waals surface area contributed by atoms with Gasteiger partial charge in [0, 0.05) is 30.4 Å². The summed E-state index contributed by atoms with van der Waals surface area (Å²) in [6, 6.07) is 11.1. The molecule has 1 aromatic heterocycles. The summed E-state index contributed by atoms with van der Waals surface area (Å²) in [6.07, 6.45) is 2.39. The molecule has 6 nitrogen and oxygen atoms in total. The average Bonchev–Trinajstić information content (AvgIpc) is 3.09. The summed E-state index contributed by atoms with van der Waals surface area (Å²) in [5, 5.41) is 9.90. The van der Waals surface area contributed by atoms with Crippen LogP contribution in [-0.2, 0) is 11.2 Å². The third kappa shape index (κ3) is 3.73. The second-order valence-corrected chi connectivity index (χ2v) is 6.84. The Hall–Kier alpha value is -2.63. The van der Waals surface area contributed by atoms with E-state index in [2.05, 4.69) is 15.5 Å². The number of aryl methyl sites for hydroxylation is 1. The van der Waals surface area contributed by atoms with Crippen molar-refractivity contribution in [3.05, 3.63) is 47.7 Å². The first kappa shape index (κ1) is 17.2. The van der Waals surface area contributed by atoms with Crippen LogP contribution in [0.5, 0.6) is 0 Å². The number of carbonyl (C=O) groups is 2. The molecule has 1 saturated heterocycles. The number of aromatic amines is 1. The smallest absolute Gasteiger partial charge is 0.253 e. The molecule has 1 aliphatic rings. The fraction of sp³-hybridized carbons (Fsp3) is 0.421. The minimum Gasteiger partial charge on any atom is -0.338 e. The maximum absolute atomic E-state index is 12.8. The first-order valence-electron chi connectivity index (χ1n) is 8.72. The molecule has 1 fully saturated rings. The van der Waals surface area contributed by atoms with E-state index in [9.17, 15) is 9.59 Å². The first-order valence-corrected chi connectivity index (χ1v) is 8.72. The Morgan fingerprint density at radius 3 is 2.76 bits per heavy atom. The number of amides is 2. The van der Waals surface area contributed by atoms with E-state index < -0.39 is 5.41 Å². The van der Waals surface area contributed by atoms with E-state index in [-0.39, 0.29) is 11.8 Å². The summed E-state index contributed by atoms with van der Waals surface area (Å²) in [5.74, 6) is 0.425. The van der Waals surface area contributed by atoms with E-state index in [0.717, 1.165) is 25.0 Å². The van der Waals surface area contributed by atoms with Crippen molar-refractivity contribution < 1.29 is 9.59 Å². The maximum atomic E-state index is 12.8. The third-order valence-electron chi connectivity index (χ3n) is 4.81. The monoisotopic (exact) mass is 340 g/mol. The molecule has 0 spiro atoms. The summed E-state index contributed by atoms with van der Waals surface area (Å²) in [6.45, 7) is 5.03. The maximum Gasteiger partial charge on any atom is 0.253 e. The number of rotatable bonds is 4. The van der Waals surface area contributed by atoms with Crippen molar-refractivity contribution in [3.8, 4) is 0 Å². The summed E-state index contributed by atoms with van der Waals surface area (Å²) < 4.78 is 0. The molecule has 0 saturated carbocycles. The zero-order chi connectivity index (χ0) is 17.9. The number of likely N-dealkylation sites (tertiary alicyclic amines) is 1. The Labute approximate surface area is 147 Å². The van der Waals surface area contributed by atoms with Gasteiger partial charge in [-0.25, -0.2) is 0 Å². The molecule has 2 aromatic rings. The van der Waals surface area contributed by atoms with Crippen molar-refractivity contribution in [3.63, 3.8) is 0 Å². The molecule has 0 unspecified atom stereocenters. The van der Waals surface area contributed by atoms with Gasteiger partial charge in [0.1, 0.15) is 0 Å². The van der Waals surface area contributed by atoms with Gasteiger partial charge in [0.15, 0.2) is 5.82 Å². The van der Waals surface area contributed by atoms with Gasteiger partial charge < -0.3 is 10.2 Å². The van der Waals surface area contributed by atoms with Crippen LogP contribution >= 0.6 is 0 Å². The van der Waals surface area contributed by atoms with E-state index in [1.54, 1.807) is 4.90 Å². The molecule has 1 atom stereocenters. The highest BCUT2D eigenvalue weighted by molar-refractivity contribution is 5.97. The van der Waals surface area contributed by atoms with Gasteiger partial charge in [0.2, 0.25) is 5.91 Å². The topological polar surface area (TPSA) is 78.1 Å². The lowest BCUT2D eigenvalue weighted by molar-refractivity contribution is -0.127. The number of carbonyl (C=O) groups excluding carboxylic acids is 2. The summed E-state index contributed by atoms with van der Waals surface area (Å²) in [4.78, 5) is 27.3. The van der Waals surface area contributed by atoms with Crippen LogP contribution in [-0.4, -0.2) is 40.0 Å². The van der Waals surface area contributed by atoms with Gasteiger partial charge in [-0.05, 0) is 38.3 Å². The zero-order valence-electron chi connectivity index (χ0n) is 14.7. The number of nitrogens with one attached hydrogen (secondary N) is 2. The lowest BCUT2D eigenvalue weighted by atomic mass is 9.80. The second kappa shape index (κ2) is 7.09. The van der Waals surface area contributed by atoms with Crippen LogP contribution in [0.1, 0.15) is 42.7 Å². The summed E-state index contributed by atoms with van der Waals surface area (Å²) in [7, 11) is 0. The lowest BCUT2D eigenvalue weighted by Crippen LogP contribution is -2.50. The van der Waals surface area contributed by atoms with E-state index in [0.29, 0.717) is 24.5 Å². The molecule has 0 radical (unpaired) electrons. The fourth-order valence-corrected chi connectivity index (χ4v) is 3.24. The Morgan fingerprint density at radius 1 is 1.32 bits per heavy atom. The minimum absolute atomic E-state index is 0.0210. The predicted molar refractivity (Wildman–Crippen MR) is 96.3 cm³/mol. The number of nitrogens with zero attached hydrogens (tertiary/aromatic N) is 2. The fourth-order valence-electron chi connectivity index (χ4n) is 3.24. The molecule has 2 N–H and O–H groups in total.